The number of esters is 1. The number of carboxylic acids is 3. The van der Waals surface area contributed by atoms with Crippen LogP contribution in [0.5, 0.6) is 0 Å². The molecule has 7 atom stereocenters. The molecular formula is C54H81N11O16. The van der Waals surface area contributed by atoms with Crippen molar-refractivity contribution in [2.45, 2.75) is 128 Å². The largest absolute Gasteiger partial charge is 0.481 e. The number of piperidine rings is 1. The van der Waals surface area contributed by atoms with E-state index in [2.05, 4.69) is 36.8 Å². The predicted molar refractivity (Wildman–Crippen MR) is 289 cm³/mol. The second-order valence-corrected chi connectivity index (χ2v) is 21.6. The third kappa shape index (κ3) is 19.1. The van der Waals surface area contributed by atoms with Gasteiger partial charge in [0, 0.05) is 91.2 Å². The van der Waals surface area contributed by atoms with Gasteiger partial charge in [0.15, 0.2) is 0 Å². The van der Waals surface area contributed by atoms with Gasteiger partial charge in [-0.25, -0.2) is 0 Å². The SMILES string of the molecule is CCO[C@@H]1OC(=O)C[C@@H]1NC(=O)[C@@H]1Cc2cccc3c2N1C(=O)[C@@H](NC(=O)[C@@H](NC(=O)CCNC(=O)CCNC(=O)[C@@H](CCC(=O)O)NC(=O)CN1CCC(CN2CCN(CC(=O)O)CCN(CC(=O)O)CC2)CC1)[C@@H](C)CC)CC3. The summed E-state index contributed by atoms with van der Waals surface area (Å²) >= 11 is 0. The summed E-state index contributed by atoms with van der Waals surface area (Å²) in [6.45, 7) is 10.1. The summed E-state index contributed by atoms with van der Waals surface area (Å²) < 4.78 is 10.7. The number of amides is 7. The fourth-order valence-electron chi connectivity index (χ4n) is 11.0. The summed E-state index contributed by atoms with van der Waals surface area (Å²) in [6.07, 6.45) is 0.771. The van der Waals surface area contributed by atoms with Crippen LogP contribution in [0.15, 0.2) is 18.2 Å². The van der Waals surface area contributed by atoms with Gasteiger partial charge in [-0.2, -0.15) is 0 Å². The van der Waals surface area contributed by atoms with Crippen molar-refractivity contribution in [2.75, 3.05) is 103 Å². The summed E-state index contributed by atoms with van der Waals surface area (Å²) in [6, 6.07) is 0.534. The van der Waals surface area contributed by atoms with Crippen molar-refractivity contribution in [2.24, 2.45) is 11.8 Å². The van der Waals surface area contributed by atoms with Gasteiger partial charge in [0.05, 0.1) is 31.7 Å². The Morgan fingerprint density at radius 2 is 1.30 bits per heavy atom. The lowest BCUT2D eigenvalue weighted by Gasteiger charge is -2.35. The van der Waals surface area contributed by atoms with Crippen LogP contribution in [0, 0.1) is 11.8 Å². The fourth-order valence-corrected chi connectivity index (χ4v) is 11.0. The van der Waals surface area contributed by atoms with E-state index in [9.17, 15) is 68.1 Å². The number of aryl methyl sites for hydroxylation is 1. The number of anilines is 1. The van der Waals surface area contributed by atoms with Crippen LogP contribution in [0.3, 0.4) is 0 Å². The summed E-state index contributed by atoms with van der Waals surface area (Å²) in [5, 5.41) is 44.4. The molecule has 0 radical (unpaired) electrons. The number of carbonyl (C=O) groups is 11. The van der Waals surface area contributed by atoms with Crippen LogP contribution < -0.4 is 36.8 Å². The number of benzene rings is 1. The fraction of sp³-hybridized carbons (Fsp3) is 0.685. The molecule has 448 valence electrons. The van der Waals surface area contributed by atoms with Gasteiger partial charge < -0.3 is 61.6 Å². The molecule has 3 saturated heterocycles. The molecule has 0 bridgehead atoms. The van der Waals surface area contributed by atoms with E-state index in [1.807, 2.05) is 39.8 Å². The number of para-hydroxylation sites is 1. The smallest absolute Gasteiger partial charge is 0.317 e. The van der Waals surface area contributed by atoms with Gasteiger partial charge in [-0.1, -0.05) is 38.5 Å². The third-order valence-electron chi connectivity index (χ3n) is 15.6. The van der Waals surface area contributed by atoms with E-state index in [1.165, 1.54) is 4.90 Å². The highest BCUT2D eigenvalue weighted by Crippen LogP contribution is 2.39. The number of aliphatic carboxylic acids is 3. The van der Waals surface area contributed by atoms with E-state index in [4.69, 9.17) is 9.47 Å². The minimum Gasteiger partial charge on any atom is -0.481 e. The molecule has 27 heteroatoms. The first-order chi connectivity index (χ1) is 38.7. The Labute approximate surface area is 470 Å². The van der Waals surface area contributed by atoms with Gasteiger partial charge >= 0.3 is 23.9 Å². The summed E-state index contributed by atoms with van der Waals surface area (Å²) in [5.41, 5.74) is 2.23. The van der Waals surface area contributed by atoms with Crippen LogP contribution in [0.4, 0.5) is 5.69 Å². The Morgan fingerprint density at radius 3 is 1.93 bits per heavy atom. The number of nitrogens with zero attached hydrogens (tertiary/aromatic N) is 5. The maximum atomic E-state index is 14.4. The molecule has 5 aliphatic heterocycles. The average molecular weight is 1140 g/mol. The zero-order chi connectivity index (χ0) is 58.8. The Hall–Kier alpha value is -6.81. The van der Waals surface area contributed by atoms with E-state index >= 15 is 0 Å². The number of carboxylic acid groups (broad SMARTS) is 3. The lowest BCUT2D eigenvalue weighted by molar-refractivity contribution is -0.164. The third-order valence-corrected chi connectivity index (χ3v) is 15.6. The lowest BCUT2D eigenvalue weighted by atomic mass is 9.96. The van der Waals surface area contributed by atoms with Crippen LogP contribution >= 0.6 is 0 Å². The number of likely N-dealkylation sites (tertiary alicyclic amines) is 1. The van der Waals surface area contributed by atoms with Gasteiger partial charge in [-0.05, 0) is 75.1 Å². The monoisotopic (exact) mass is 1140 g/mol. The molecule has 5 heterocycles. The van der Waals surface area contributed by atoms with Gasteiger partial charge in [0.1, 0.15) is 30.2 Å². The summed E-state index contributed by atoms with van der Waals surface area (Å²) in [4.78, 5) is 151. The highest BCUT2D eigenvalue weighted by Gasteiger charge is 2.46. The van der Waals surface area contributed by atoms with Crippen molar-refractivity contribution in [3.63, 3.8) is 0 Å². The first kappa shape index (κ1) is 63.4. The van der Waals surface area contributed by atoms with Crippen molar-refractivity contribution < 1.29 is 77.5 Å². The molecule has 0 unspecified atom stereocenters. The van der Waals surface area contributed by atoms with Gasteiger partial charge in [0.25, 0.3) is 0 Å². The van der Waals surface area contributed by atoms with E-state index in [1.54, 1.807) is 13.8 Å². The van der Waals surface area contributed by atoms with E-state index < -0.39 is 108 Å². The van der Waals surface area contributed by atoms with Crippen LogP contribution in [-0.4, -0.2) is 235 Å². The second kappa shape index (κ2) is 30.9. The average Bonchev–Trinajstić information content (AvgIpc) is 4.22. The number of cyclic esters (lactones) is 1. The maximum absolute atomic E-state index is 14.4. The van der Waals surface area contributed by atoms with Crippen LogP contribution in [0.2, 0.25) is 0 Å². The molecule has 7 amide bonds. The quantitative estimate of drug-likeness (QED) is 0.0405. The van der Waals surface area contributed by atoms with E-state index in [0.717, 1.165) is 30.5 Å². The number of hydrogen-bond acceptors (Lipinski definition) is 17. The van der Waals surface area contributed by atoms with Crippen molar-refractivity contribution in [1.82, 2.24) is 51.5 Å². The maximum Gasteiger partial charge on any atom is 0.317 e. The Kier molecular flexibility index (Phi) is 24.1. The first-order valence-corrected chi connectivity index (χ1v) is 28.2. The standard InChI is InChI=1S/C54H81N11O16/c1-4-33(3)48(52(78)58-38-10-9-35-7-6-8-36-27-40(65(49(35)36)53(38)79)51(77)59-39-28-47(75)81-54(39)80-5-2)60-42(67)14-17-55-41(66)13-18-56-50(76)37(11-12-44(69)70)57-43(68)30-61-19-15-34(16-20-61)29-62-21-23-63(31-45(71)72)25-26-64(24-22-62)32-46(73)74/h6-8,33-34,37-40,48,54H,4-5,9-32H2,1-3H3,(H,55,66)(H,56,76)(H,57,68)(H,58,78)(H,59,77)(H,60,67)(H,69,70)(H,71,72)(H,73,74)/t33-,37+,38-,39-,40-,48-,54+/m0/s1. The minimum atomic E-state index is -1.19. The molecule has 1 aromatic carbocycles. The van der Waals surface area contributed by atoms with Crippen LogP contribution in [0.1, 0.15) is 89.7 Å². The molecule has 6 rings (SSSR count). The molecule has 81 heavy (non-hydrogen) atoms. The van der Waals surface area contributed by atoms with Crippen molar-refractivity contribution in [3.8, 4) is 0 Å². The minimum absolute atomic E-state index is 0.0308. The molecule has 27 nitrogen and oxygen atoms in total. The predicted octanol–water partition coefficient (Wildman–Crippen LogP) is -2.14. The Balaban J connectivity index is 0.921. The molecule has 5 aliphatic rings. The summed E-state index contributed by atoms with van der Waals surface area (Å²) in [5.74, 6) is -7.50. The Morgan fingerprint density at radius 1 is 0.679 bits per heavy atom. The molecule has 0 saturated carbocycles. The zero-order valence-electron chi connectivity index (χ0n) is 46.6. The molecule has 1 aromatic rings. The van der Waals surface area contributed by atoms with Crippen molar-refractivity contribution in [1.29, 1.82) is 0 Å². The molecular weight excluding hydrogens is 1060 g/mol. The van der Waals surface area contributed by atoms with Gasteiger partial charge in [-0.3, -0.25) is 72.3 Å². The summed E-state index contributed by atoms with van der Waals surface area (Å²) in [7, 11) is 0. The normalized spacial score (nSPS) is 22.3. The van der Waals surface area contributed by atoms with Crippen LogP contribution in [-0.2, 0) is 75.1 Å². The van der Waals surface area contributed by atoms with E-state index in [-0.39, 0.29) is 89.7 Å². The zero-order valence-corrected chi connectivity index (χ0v) is 46.6. The van der Waals surface area contributed by atoms with Crippen molar-refractivity contribution in [3.05, 3.63) is 29.3 Å². The molecule has 0 aliphatic carbocycles. The van der Waals surface area contributed by atoms with Gasteiger partial charge in [-0.15, -0.1) is 0 Å². The number of hydrogen-bond donors (Lipinski definition) is 9. The topological polar surface area (TPSA) is 355 Å². The van der Waals surface area contributed by atoms with E-state index in [0.29, 0.717) is 70.9 Å². The van der Waals surface area contributed by atoms with Crippen LogP contribution in [0.25, 0.3) is 0 Å². The Bertz CT molecular complexity index is 2410. The first-order valence-electron chi connectivity index (χ1n) is 28.2. The molecule has 0 spiro atoms. The second-order valence-electron chi connectivity index (χ2n) is 21.6. The molecule has 3 fully saturated rings. The number of carbonyl (C=O) groups excluding carboxylic acids is 8. The number of rotatable bonds is 28. The number of ether oxygens (including phenoxy) is 2. The molecule has 9 N–H and O–H groups in total. The van der Waals surface area contributed by atoms with Gasteiger partial charge in [0.2, 0.25) is 47.6 Å². The number of nitrogens with one attached hydrogen (secondary N) is 6. The molecule has 0 aromatic heterocycles. The van der Waals surface area contributed by atoms with Crippen molar-refractivity contribution >= 4 is 70.9 Å². The lowest BCUT2D eigenvalue weighted by Crippen LogP contribution is -2.59. The highest BCUT2D eigenvalue weighted by atomic mass is 16.7. The highest BCUT2D eigenvalue weighted by molar-refractivity contribution is 6.08.